The summed E-state index contributed by atoms with van der Waals surface area (Å²) in [5.41, 5.74) is 10.6. The third-order valence-corrected chi connectivity index (χ3v) is 4.80. The molecule has 5 unspecified atom stereocenters. The average Bonchev–Trinajstić information content (AvgIpc) is 3.55. The van der Waals surface area contributed by atoms with Crippen LogP contribution in [0.1, 0.15) is 46.5 Å². The van der Waals surface area contributed by atoms with Gasteiger partial charge in [0.15, 0.2) is 0 Å². The zero-order valence-corrected chi connectivity index (χ0v) is 18.1. The highest BCUT2D eigenvalue weighted by atomic mass is 16.5. The van der Waals surface area contributed by atoms with E-state index in [1.807, 2.05) is 6.92 Å². The number of aliphatic hydroxyl groups is 1. The van der Waals surface area contributed by atoms with Gasteiger partial charge >= 0.3 is 5.97 Å². The van der Waals surface area contributed by atoms with E-state index in [9.17, 15) is 24.0 Å². The van der Waals surface area contributed by atoms with Crippen molar-refractivity contribution >= 4 is 29.6 Å². The van der Waals surface area contributed by atoms with Gasteiger partial charge in [0.1, 0.15) is 30.3 Å². The number of carbonyl (C=O) groups excluding carboxylic acids is 5. The number of nitrogens with one attached hydrogen (secondary N) is 3. The number of nitrogens with two attached hydrogens (primary N) is 2. The fraction of sp³-hybridized carbons (Fsp3) is 0.737. The fourth-order valence-corrected chi connectivity index (χ4v) is 2.62. The maximum absolute atomic E-state index is 12.6. The van der Waals surface area contributed by atoms with Crippen LogP contribution in [0.5, 0.6) is 0 Å². The van der Waals surface area contributed by atoms with E-state index in [2.05, 4.69) is 16.0 Å². The summed E-state index contributed by atoms with van der Waals surface area (Å²) in [6.07, 6.45) is 1.29. The first kappa shape index (κ1) is 26.3. The monoisotopic (exact) mass is 443 g/mol. The second-order valence-electron chi connectivity index (χ2n) is 7.67. The van der Waals surface area contributed by atoms with Crippen molar-refractivity contribution in [1.82, 2.24) is 16.0 Å². The van der Waals surface area contributed by atoms with Gasteiger partial charge in [-0.15, -0.1) is 0 Å². The van der Waals surface area contributed by atoms with Gasteiger partial charge in [-0.25, -0.2) is 4.79 Å². The number of aliphatic hydroxyl groups excluding tert-OH is 1. The largest absolute Gasteiger partial charge is 0.458 e. The molecule has 0 aromatic rings. The smallest absolute Gasteiger partial charge is 0.328 e. The second kappa shape index (κ2) is 12.2. The van der Waals surface area contributed by atoms with E-state index in [1.54, 1.807) is 0 Å². The van der Waals surface area contributed by atoms with E-state index in [0.717, 1.165) is 12.8 Å². The summed E-state index contributed by atoms with van der Waals surface area (Å²) >= 11 is 0. The number of esters is 1. The van der Waals surface area contributed by atoms with Gasteiger partial charge < -0.3 is 37.3 Å². The van der Waals surface area contributed by atoms with Crippen LogP contribution in [0.25, 0.3) is 0 Å². The van der Waals surface area contributed by atoms with E-state index in [1.165, 1.54) is 13.8 Å². The van der Waals surface area contributed by atoms with Crippen molar-refractivity contribution in [2.24, 2.45) is 17.4 Å². The standard InChI is InChI=1S/C19H33N5O7/c1-4-5-13(23-16(27)11-6-7-11)19(30)31-10(3)14(24-17(28)12(20)8-25)18(29)22-9(2)15(21)26/h9-14,25H,4-8,20H2,1-3H3,(H2,21,26)(H,22,29)(H,23,27)(H,24,28). The minimum Gasteiger partial charge on any atom is -0.458 e. The third-order valence-electron chi connectivity index (χ3n) is 4.80. The number of rotatable bonds is 13. The molecule has 0 radical (unpaired) electrons. The summed E-state index contributed by atoms with van der Waals surface area (Å²) in [7, 11) is 0. The van der Waals surface area contributed by atoms with E-state index >= 15 is 0 Å². The van der Waals surface area contributed by atoms with Crippen molar-refractivity contribution in [3.8, 4) is 0 Å². The van der Waals surface area contributed by atoms with Crippen molar-refractivity contribution in [1.29, 1.82) is 0 Å². The Hall–Kier alpha value is -2.73. The van der Waals surface area contributed by atoms with Gasteiger partial charge in [0.2, 0.25) is 23.6 Å². The molecular weight excluding hydrogens is 410 g/mol. The van der Waals surface area contributed by atoms with Crippen LogP contribution >= 0.6 is 0 Å². The highest BCUT2D eigenvalue weighted by Gasteiger charge is 2.36. The molecule has 31 heavy (non-hydrogen) atoms. The Morgan fingerprint density at radius 1 is 1.06 bits per heavy atom. The van der Waals surface area contributed by atoms with Crippen LogP contribution in [0.15, 0.2) is 0 Å². The molecule has 12 nitrogen and oxygen atoms in total. The van der Waals surface area contributed by atoms with E-state index in [4.69, 9.17) is 21.3 Å². The van der Waals surface area contributed by atoms with Crippen LogP contribution in [0.4, 0.5) is 0 Å². The summed E-state index contributed by atoms with van der Waals surface area (Å²) in [5.74, 6) is -3.58. The minimum absolute atomic E-state index is 0.0994. The van der Waals surface area contributed by atoms with E-state index < -0.39 is 60.6 Å². The lowest BCUT2D eigenvalue weighted by Crippen LogP contribution is -2.59. The van der Waals surface area contributed by atoms with Gasteiger partial charge in [0.25, 0.3) is 0 Å². The molecule has 1 aliphatic rings. The average molecular weight is 444 g/mol. The molecule has 1 saturated carbocycles. The van der Waals surface area contributed by atoms with Gasteiger partial charge in [0, 0.05) is 5.92 Å². The van der Waals surface area contributed by atoms with Crippen molar-refractivity contribution in [2.45, 2.75) is 76.7 Å². The molecule has 1 rings (SSSR count). The molecule has 4 amide bonds. The Morgan fingerprint density at radius 3 is 2.16 bits per heavy atom. The molecule has 0 aromatic heterocycles. The first-order valence-electron chi connectivity index (χ1n) is 10.3. The van der Waals surface area contributed by atoms with Crippen molar-refractivity contribution in [3.05, 3.63) is 0 Å². The van der Waals surface area contributed by atoms with Crippen molar-refractivity contribution in [3.63, 3.8) is 0 Å². The molecule has 0 heterocycles. The first-order chi connectivity index (χ1) is 14.5. The lowest BCUT2D eigenvalue weighted by molar-refractivity contribution is -0.156. The number of primary amides is 1. The maximum atomic E-state index is 12.6. The molecule has 12 heteroatoms. The Labute approximate surface area is 180 Å². The normalized spacial score (nSPS) is 18.0. The molecule has 0 spiro atoms. The summed E-state index contributed by atoms with van der Waals surface area (Å²) in [5, 5.41) is 16.3. The molecule has 0 aromatic carbocycles. The highest BCUT2D eigenvalue weighted by molar-refractivity contribution is 5.93. The molecule has 0 saturated heterocycles. The number of hydrogen-bond acceptors (Lipinski definition) is 8. The van der Waals surface area contributed by atoms with Crippen LogP contribution in [0, 0.1) is 5.92 Å². The molecular formula is C19H33N5O7. The van der Waals surface area contributed by atoms with Crippen LogP contribution in [-0.4, -0.2) is 71.6 Å². The van der Waals surface area contributed by atoms with Crippen LogP contribution in [0.2, 0.25) is 0 Å². The predicted octanol–water partition coefficient (Wildman–Crippen LogP) is -2.59. The first-order valence-corrected chi connectivity index (χ1v) is 10.3. The Kier molecular flexibility index (Phi) is 10.4. The van der Waals surface area contributed by atoms with E-state index in [-0.39, 0.29) is 11.8 Å². The third kappa shape index (κ3) is 8.50. The molecule has 8 N–H and O–H groups in total. The summed E-state index contributed by atoms with van der Waals surface area (Å²) < 4.78 is 5.36. The van der Waals surface area contributed by atoms with Crippen molar-refractivity contribution < 1.29 is 33.8 Å². The quantitative estimate of drug-likeness (QED) is 0.166. The zero-order chi connectivity index (χ0) is 23.7. The Morgan fingerprint density at radius 2 is 1.68 bits per heavy atom. The molecule has 1 aliphatic carbocycles. The molecule has 0 bridgehead atoms. The molecule has 176 valence electrons. The van der Waals surface area contributed by atoms with Gasteiger partial charge in [0.05, 0.1) is 6.61 Å². The highest BCUT2D eigenvalue weighted by Crippen LogP contribution is 2.29. The lowest BCUT2D eigenvalue weighted by atomic mass is 10.1. The SMILES string of the molecule is CCCC(NC(=O)C1CC1)C(=O)OC(C)C(NC(=O)C(N)CO)C(=O)NC(C)C(N)=O. The Bertz CT molecular complexity index is 683. The van der Waals surface area contributed by atoms with Gasteiger partial charge in [-0.05, 0) is 33.1 Å². The minimum atomic E-state index is -1.42. The fourth-order valence-electron chi connectivity index (χ4n) is 2.62. The van der Waals surface area contributed by atoms with Crippen LogP contribution in [0.3, 0.4) is 0 Å². The van der Waals surface area contributed by atoms with Crippen LogP contribution in [-0.2, 0) is 28.7 Å². The number of amides is 4. The lowest BCUT2D eigenvalue weighted by Gasteiger charge is -2.28. The van der Waals surface area contributed by atoms with Crippen LogP contribution < -0.4 is 27.4 Å². The number of carbonyl (C=O) groups is 5. The van der Waals surface area contributed by atoms with Crippen molar-refractivity contribution in [2.75, 3.05) is 6.61 Å². The van der Waals surface area contributed by atoms with Gasteiger partial charge in [-0.2, -0.15) is 0 Å². The van der Waals surface area contributed by atoms with E-state index in [0.29, 0.717) is 12.8 Å². The summed E-state index contributed by atoms with van der Waals surface area (Å²) in [6.45, 7) is 3.89. The predicted molar refractivity (Wildman–Crippen MR) is 109 cm³/mol. The number of hydrogen-bond donors (Lipinski definition) is 6. The number of ether oxygens (including phenoxy) is 1. The summed E-state index contributed by atoms with van der Waals surface area (Å²) in [6, 6.07) is -4.68. The van der Waals surface area contributed by atoms with Gasteiger partial charge in [-0.3, -0.25) is 19.2 Å². The van der Waals surface area contributed by atoms with Gasteiger partial charge in [-0.1, -0.05) is 13.3 Å². The molecule has 5 atom stereocenters. The summed E-state index contributed by atoms with van der Waals surface area (Å²) in [4.78, 5) is 60.6. The topological polar surface area (TPSA) is 203 Å². The second-order valence-corrected chi connectivity index (χ2v) is 7.67. The maximum Gasteiger partial charge on any atom is 0.328 e. The molecule has 1 fully saturated rings. The molecule has 0 aliphatic heterocycles. The zero-order valence-electron chi connectivity index (χ0n) is 18.1. The Balaban J connectivity index is 2.91.